The molecule has 0 aliphatic rings. The third kappa shape index (κ3) is 3.60. The van der Waals surface area contributed by atoms with E-state index in [1.165, 1.54) is 19.9 Å². The van der Waals surface area contributed by atoms with Crippen molar-refractivity contribution in [3.05, 3.63) is 38.4 Å². The lowest BCUT2D eigenvalue weighted by Gasteiger charge is -2.12. The highest BCUT2D eigenvalue weighted by Gasteiger charge is 2.30. The summed E-state index contributed by atoms with van der Waals surface area (Å²) in [6.07, 6.45) is 1.58. The first-order valence-electron chi connectivity index (χ1n) is 6.89. The summed E-state index contributed by atoms with van der Waals surface area (Å²) >= 11 is 0. The van der Waals surface area contributed by atoms with Gasteiger partial charge in [-0.2, -0.15) is 0 Å². The number of hydrogen-bond donors (Lipinski definition) is 0. The van der Waals surface area contributed by atoms with Crippen LogP contribution in [0.25, 0.3) is 0 Å². The van der Waals surface area contributed by atoms with Crippen molar-refractivity contribution in [3.63, 3.8) is 0 Å². The van der Waals surface area contributed by atoms with E-state index in [0.717, 1.165) is 13.5 Å². The standard InChI is InChI=1S/C15H19NO6/c1-5-6-7-22-14(17)11-8-9(2)12(15(18)21-4)13(10(11)3)16(19)20/h8H,5-7H2,1-4H3. The number of benzene rings is 1. The van der Waals surface area contributed by atoms with E-state index in [-0.39, 0.29) is 23.3 Å². The summed E-state index contributed by atoms with van der Waals surface area (Å²) in [6, 6.07) is 1.42. The molecule has 0 unspecified atom stereocenters. The smallest absolute Gasteiger partial charge is 0.345 e. The molecule has 0 spiro atoms. The first-order valence-corrected chi connectivity index (χ1v) is 6.89. The predicted octanol–water partition coefficient (Wildman–Crippen LogP) is 2.96. The molecule has 0 saturated heterocycles. The summed E-state index contributed by atoms with van der Waals surface area (Å²) in [7, 11) is 1.15. The largest absolute Gasteiger partial charge is 0.465 e. The van der Waals surface area contributed by atoms with Crippen molar-refractivity contribution < 1.29 is 24.0 Å². The molecule has 0 fully saturated rings. The zero-order valence-electron chi connectivity index (χ0n) is 13.1. The van der Waals surface area contributed by atoms with Crippen molar-refractivity contribution in [2.45, 2.75) is 33.6 Å². The maximum absolute atomic E-state index is 12.1. The average molecular weight is 309 g/mol. The average Bonchev–Trinajstić information content (AvgIpc) is 2.47. The van der Waals surface area contributed by atoms with Crippen LogP contribution in [0, 0.1) is 24.0 Å². The molecule has 0 radical (unpaired) electrons. The summed E-state index contributed by atoms with van der Waals surface area (Å²) in [4.78, 5) is 34.4. The number of unbranched alkanes of at least 4 members (excludes halogenated alkanes) is 1. The number of ether oxygens (including phenoxy) is 2. The van der Waals surface area contributed by atoms with Crippen LogP contribution >= 0.6 is 0 Å². The number of nitro groups is 1. The lowest BCUT2D eigenvalue weighted by Crippen LogP contribution is -2.15. The van der Waals surface area contributed by atoms with Gasteiger partial charge < -0.3 is 9.47 Å². The minimum absolute atomic E-state index is 0.0907. The molecule has 1 rings (SSSR count). The van der Waals surface area contributed by atoms with Crippen molar-refractivity contribution in [2.75, 3.05) is 13.7 Å². The Morgan fingerprint density at radius 2 is 1.91 bits per heavy atom. The molecule has 0 bridgehead atoms. The van der Waals surface area contributed by atoms with E-state index in [1.54, 1.807) is 0 Å². The summed E-state index contributed by atoms with van der Waals surface area (Å²) in [5.41, 5.74) is -0.0820. The fourth-order valence-corrected chi connectivity index (χ4v) is 2.09. The molecule has 1 aromatic carbocycles. The molecule has 0 atom stereocenters. The zero-order chi connectivity index (χ0) is 16.9. The Hall–Kier alpha value is -2.44. The van der Waals surface area contributed by atoms with Gasteiger partial charge in [0.1, 0.15) is 5.56 Å². The van der Waals surface area contributed by atoms with Crippen molar-refractivity contribution in [2.24, 2.45) is 0 Å². The maximum Gasteiger partial charge on any atom is 0.345 e. The van der Waals surface area contributed by atoms with Gasteiger partial charge in [0.15, 0.2) is 0 Å². The van der Waals surface area contributed by atoms with Crippen molar-refractivity contribution in [1.29, 1.82) is 0 Å². The summed E-state index contributed by atoms with van der Waals surface area (Å²) < 4.78 is 9.67. The molecule has 7 nitrogen and oxygen atoms in total. The molecule has 0 amide bonds. The second-order valence-electron chi connectivity index (χ2n) is 4.83. The number of carbonyl (C=O) groups excluding carboxylic acids is 2. The number of aryl methyl sites for hydroxylation is 1. The SMILES string of the molecule is CCCCOC(=O)c1cc(C)c(C(=O)OC)c([N+](=O)[O-])c1C. The Bertz CT molecular complexity index is 609. The van der Waals surface area contributed by atoms with Crippen LogP contribution in [-0.2, 0) is 9.47 Å². The van der Waals surface area contributed by atoms with Gasteiger partial charge in [-0.25, -0.2) is 9.59 Å². The normalized spacial score (nSPS) is 10.2. The van der Waals surface area contributed by atoms with Gasteiger partial charge in [0, 0.05) is 5.56 Å². The lowest BCUT2D eigenvalue weighted by molar-refractivity contribution is -0.385. The third-order valence-electron chi connectivity index (χ3n) is 3.27. The fraction of sp³-hybridized carbons (Fsp3) is 0.467. The highest BCUT2D eigenvalue weighted by Crippen LogP contribution is 2.30. The topological polar surface area (TPSA) is 95.7 Å². The van der Waals surface area contributed by atoms with Gasteiger partial charge in [-0.3, -0.25) is 10.1 Å². The molecule has 0 N–H and O–H groups in total. The Kier molecular flexibility index (Phi) is 6.03. The van der Waals surface area contributed by atoms with Crippen LogP contribution in [0.15, 0.2) is 6.07 Å². The van der Waals surface area contributed by atoms with E-state index >= 15 is 0 Å². The van der Waals surface area contributed by atoms with E-state index in [2.05, 4.69) is 4.74 Å². The Labute approximate surface area is 128 Å². The molecule has 1 aromatic rings. The van der Waals surface area contributed by atoms with Gasteiger partial charge in [-0.15, -0.1) is 0 Å². The molecule has 0 heterocycles. The molecule has 22 heavy (non-hydrogen) atoms. The van der Waals surface area contributed by atoms with E-state index in [9.17, 15) is 19.7 Å². The Morgan fingerprint density at radius 3 is 2.41 bits per heavy atom. The van der Waals surface area contributed by atoms with Gasteiger partial charge in [-0.1, -0.05) is 13.3 Å². The minimum Gasteiger partial charge on any atom is -0.465 e. The van der Waals surface area contributed by atoms with Crippen LogP contribution in [0.3, 0.4) is 0 Å². The van der Waals surface area contributed by atoms with Gasteiger partial charge >= 0.3 is 11.9 Å². The maximum atomic E-state index is 12.1. The van der Waals surface area contributed by atoms with Gasteiger partial charge in [0.25, 0.3) is 5.69 Å². The molecule has 0 saturated carbocycles. The second kappa shape index (κ2) is 7.53. The number of methoxy groups -OCH3 is 1. The van der Waals surface area contributed by atoms with E-state index in [0.29, 0.717) is 12.0 Å². The van der Waals surface area contributed by atoms with Crippen LogP contribution in [0.5, 0.6) is 0 Å². The quantitative estimate of drug-likeness (QED) is 0.347. The summed E-state index contributed by atoms with van der Waals surface area (Å²) in [5, 5.41) is 11.3. The molecule has 7 heteroatoms. The van der Waals surface area contributed by atoms with E-state index < -0.39 is 22.5 Å². The summed E-state index contributed by atoms with van der Waals surface area (Å²) in [6.45, 7) is 5.14. The second-order valence-corrected chi connectivity index (χ2v) is 4.83. The highest BCUT2D eigenvalue weighted by atomic mass is 16.6. The Balaban J connectivity index is 3.36. The first-order chi connectivity index (χ1) is 10.3. The van der Waals surface area contributed by atoms with Gasteiger partial charge in [0.05, 0.1) is 24.2 Å². The van der Waals surface area contributed by atoms with Crippen molar-refractivity contribution in [1.82, 2.24) is 0 Å². The molecule has 0 aliphatic carbocycles. The summed E-state index contributed by atoms with van der Waals surface area (Å²) in [5.74, 6) is -1.44. The number of esters is 2. The molecule has 0 aromatic heterocycles. The van der Waals surface area contributed by atoms with Crippen LogP contribution in [0.1, 0.15) is 51.6 Å². The first kappa shape index (κ1) is 17.6. The number of hydrogen-bond acceptors (Lipinski definition) is 6. The number of rotatable bonds is 6. The monoisotopic (exact) mass is 309 g/mol. The molecular weight excluding hydrogens is 290 g/mol. The molecular formula is C15H19NO6. The van der Waals surface area contributed by atoms with Crippen LogP contribution in [0.4, 0.5) is 5.69 Å². The van der Waals surface area contributed by atoms with E-state index in [1.807, 2.05) is 6.92 Å². The Morgan fingerprint density at radius 1 is 1.27 bits per heavy atom. The highest BCUT2D eigenvalue weighted by molar-refractivity contribution is 6.00. The zero-order valence-corrected chi connectivity index (χ0v) is 13.1. The van der Waals surface area contributed by atoms with Crippen LogP contribution in [0.2, 0.25) is 0 Å². The molecule has 0 aliphatic heterocycles. The lowest BCUT2D eigenvalue weighted by atomic mass is 9.97. The van der Waals surface area contributed by atoms with Crippen LogP contribution < -0.4 is 0 Å². The van der Waals surface area contributed by atoms with Gasteiger partial charge in [0.2, 0.25) is 0 Å². The van der Waals surface area contributed by atoms with E-state index in [4.69, 9.17) is 4.74 Å². The van der Waals surface area contributed by atoms with Crippen molar-refractivity contribution in [3.8, 4) is 0 Å². The predicted molar refractivity (Wildman–Crippen MR) is 79.1 cm³/mol. The third-order valence-corrected chi connectivity index (χ3v) is 3.27. The number of carbonyl (C=O) groups is 2. The van der Waals surface area contributed by atoms with Gasteiger partial charge in [-0.05, 0) is 31.9 Å². The minimum atomic E-state index is -0.807. The molecule has 120 valence electrons. The van der Waals surface area contributed by atoms with Crippen LogP contribution in [-0.4, -0.2) is 30.6 Å². The van der Waals surface area contributed by atoms with Crippen molar-refractivity contribution >= 4 is 17.6 Å². The fourth-order valence-electron chi connectivity index (χ4n) is 2.09. The number of nitro benzene ring substituents is 1. The number of nitrogens with zero attached hydrogens (tertiary/aromatic N) is 1.